The van der Waals surface area contributed by atoms with Gasteiger partial charge in [0, 0.05) is 12.1 Å². The molecule has 0 spiro atoms. The van der Waals surface area contributed by atoms with E-state index in [1.165, 1.54) is 6.20 Å². The molecular weight excluding hydrogens is 256 g/mol. The van der Waals surface area contributed by atoms with Crippen molar-refractivity contribution in [2.75, 3.05) is 5.32 Å². The van der Waals surface area contributed by atoms with Crippen molar-refractivity contribution in [2.24, 2.45) is 0 Å². The highest BCUT2D eigenvalue weighted by molar-refractivity contribution is 5.47. The van der Waals surface area contributed by atoms with E-state index < -0.39 is 4.92 Å². The second kappa shape index (κ2) is 5.80. The van der Waals surface area contributed by atoms with E-state index in [9.17, 15) is 10.1 Å². The molecule has 0 aliphatic rings. The minimum absolute atomic E-state index is 0.00188. The van der Waals surface area contributed by atoms with Crippen molar-refractivity contribution in [3.63, 3.8) is 0 Å². The molecule has 0 saturated carbocycles. The Kier molecular flexibility index (Phi) is 3.91. The molecule has 0 fully saturated rings. The van der Waals surface area contributed by atoms with Crippen LogP contribution in [-0.2, 0) is 6.54 Å². The first-order chi connectivity index (χ1) is 9.60. The third kappa shape index (κ3) is 3.09. The van der Waals surface area contributed by atoms with Crippen LogP contribution in [0.5, 0.6) is 0 Å². The largest absolute Gasteiger partial charge is 0.366 e. The quantitative estimate of drug-likeness (QED) is 0.680. The second-order valence-electron chi connectivity index (χ2n) is 4.28. The van der Waals surface area contributed by atoms with Gasteiger partial charge in [-0.3, -0.25) is 10.1 Å². The fourth-order valence-corrected chi connectivity index (χ4v) is 1.78. The van der Waals surface area contributed by atoms with Crippen LogP contribution in [0, 0.1) is 28.4 Å². The molecule has 0 radical (unpaired) electrons. The van der Waals surface area contributed by atoms with Crippen molar-refractivity contribution >= 4 is 11.5 Å². The Morgan fingerprint density at radius 3 is 2.90 bits per heavy atom. The smallest absolute Gasteiger partial charge is 0.290 e. The minimum atomic E-state index is -0.456. The first kappa shape index (κ1) is 13.5. The molecule has 1 aromatic heterocycles. The number of hydrogen-bond donors (Lipinski definition) is 1. The van der Waals surface area contributed by atoms with E-state index in [1.54, 1.807) is 25.1 Å². The highest BCUT2D eigenvalue weighted by Gasteiger charge is 2.11. The normalized spacial score (nSPS) is 9.80. The van der Waals surface area contributed by atoms with E-state index >= 15 is 0 Å². The maximum atomic E-state index is 10.7. The van der Waals surface area contributed by atoms with E-state index in [1.807, 2.05) is 12.1 Å². The van der Waals surface area contributed by atoms with Crippen LogP contribution in [0.4, 0.5) is 11.5 Å². The van der Waals surface area contributed by atoms with Crippen LogP contribution >= 0.6 is 0 Å². The van der Waals surface area contributed by atoms with Crippen molar-refractivity contribution in [3.05, 3.63) is 63.3 Å². The molecule has 0 bridgehead atoms. The van der Waals surface area contributed by atoms with E-state index in [0.29, 0.717) is 23.5 Å². The van der Waals surface area contributed by atoms with E-state index in [4.69, 9.17) is 5.26 Å². The minimum Gasteiger partial charge on any atom is -0.366 e. The lowest BCUT2D eigenvalue weighted by atomic mass is 10.1. The summed E-state index contributed by atoms with van der Waals surface area (Å²) in [5.74, 6) is 0.565. The van der Waals surface area contributed by atoms with E-state index in [-0.39, 0.29) is 5.69 Å². The summed E-state index contributed by atoms with van der Waals surface area (Å²) in [6.07, 6.45) is 1.24. The molecule has 1 heterocycles. The topological polar surface area (TPSA) is 91.8 Å². The first-order valence-electron chi connectivity index (χ1n) is 5.94. The number of hydrogen-bond acceptors (Lipinski definition) is 5. The Bertz CT molecular complexity index is 692. The van der Waals surface area contributed by atoms with Crippen molar-refractivity contribution in [3.8, 4) is 6.07 Å². The van der Waals surface area contributed by atoms with Gasteiger partial charge in [0.1, 0.15) is 12.0 Å². The summed E-state index contributed by atoms with van der Waals surface area (Å²) in [4.78, 5) is 14.2. The molecule has 1 aromatic carbocycles. The van der Waals surface area contributed by atoms with Gasteiger partial charge in [0.2, 0.25) is 0 Å². The van der Waals surface area contributed by atoms with Crippen LogP contribution in [0.25, 0.3) is 0 Å². The number of pyridine rings is 1. The number of nitrogens with one attached hydrogen (secondary N) is 1. The molecule has 2 aromatic rings. The molecule has 100 valence electrons. The Labute approximate surface area is 115 Å². The highest BCUT2D eigenvalue weighted by atomic mass is 16.6. The zero-order valence-electron chi connectivity index (χ0n) is 10.8. The molecule has 0 aliphatic carbocycles. The Morgan fingerprint density at radius 2 is 2.25 bits per heavy atom. The maximum absolute atomic E-state index is 10.7. The van der Waals surface area contributed by atoms with Gasteiger partial charge in [-0.25, -0.2) is 4.98 Å². The lowest BCUT2D eigenvalue weighted by molar-refractivity contribution is -0.385. The average molecular weight is 268 g/mol. The predicted molar refractivity (Wildman–Crippen MR) is 74.1 cm³/mol. The van der Waals surface area contributed by atoms with Crippen LogP contribution in [-0.4, -0.2) is 9.91 Å². The molecule has 6 nitrogen and oxygen atoms in total. The third-order valence-electron chi connectivity index (χ3n) is 2.81. The summed E-state index contributed by atoms with van der Waals surface area (Å²) in [6.45, 7) is 2.17. The Morgan fingerprint density at radius 1 is 1.45 bits per heavy atom. The van der Waals surface area contributed by atoms with Crippen LogP contribution in [0.2, 0.25) is 0 Å². The monoisotopic (exact) mass is 268 g/mol. The lowest BCUT2D eigenvalue weighted by Crippen LogP contribution is -2.03. The van der Waals surface area contributed by atoms with Gasteiger partial charge in [-0.15, -0.1) is 0 Å². The van der Waals surface area contributed by atoms with Crippen molar-refractivity contribution in [1.82, 2.24) is 4.98 Å². The summed E-state index contributed by atoms with van der Waals surface area (Å²) in [5.41, 5.74) is 2.10. The number of benzene rings is 1. The van der Waals surface area contributed by atoms with Gasteiger partial charge in [0.25, 0.3) is 5.69 Å². The summed E-state index contributed by atoms with van der Waals surface area (Å²) < 4.78 is 0. The average Bonchev–Trinajstić information content (AvgIpc) is 2.45. The first-order valence-corrected chi connectivity index (χ1v) is 5.94. The zero-order chi connectivity index (χ0) is 14.5. The molecule has 0 aliphatic heterocycles. The van der Waals surface area contributed by atoms with Gasteiger partial charge >= 0.3 is 0 Å². The summed E-state index contributed by atoms with van der Waals surface area (Å²) >= 11 is 0. The Hall–Kier alpha value is -2.94. The number of nitrogens with zero attached hydrogens (tertiary/aromatic N) is 3. The van der Waals surface area contributed by atoms with Crippen molar-refractivity contribution in [1.29, 1.82) is 5.26 Å². The number of nitro groups is 1. The van der Waals surface area contributed by atoms with Gasteiger partial charge in [0.15, 0.2) is 0 Å². The van der Waals surface area contributed by atoms with Gasteiger partial charge in [0.05, 0.1) is 16.6 Å². The standard InChI is InChI=1S/C14H12N4O2/c1-10-5-14(17-9-13(10)18(19)20)16-8-12-4-2-3-11(6-12)7-15/h2-6,9H,8H2,1H3,(H,16,17). The third-order valence-corrected chi connectivity index (χ3v) is 2.81. The van der Waals surface area contributed by atoms with Crippen LogP contribution in [0.15, 0.2) is 36.5 Å². The van der Waals surface area contributed by atoms with Gasteiger partial charge < -0.3 is 5.32 Å². The Balaban J connectivity index is 2.09. The number of nitriles is 1. The van der Waals surface area contributed by atoms with E-state index in [2.05, 4.69) is 16.4 Å². The summed E-state index contributed by atoms with van der Waals surface area (Å²) in [6, 6.07) is 10.9. The molecule has 0 amide bonds. The molecular formula is C14H12N4O2. The van der Waals surface area contributed by atoms with Crippen LogP contribution in [0.1, 0.15) is 16.7 Å². The number of rotatable bonds is 4. The molecule has 0 atom stereocenters. The predicted octanol–water partition coefficient (Wildman–Crippen LogP) is 2.78. The molecule has 20 heavy (non-hydrogen) atoms. The molecule has 6 heteroatoms. The maximum Gasteiger partial charge on any atom is 0.290 e. The number of aromatic nitrogens is 1. The number of anilines is 1. The van der Waals surface area contributed by atoms with Crippen LogP contribution in [0.3, 0.4) is 0 Å². The van der Waals surface area contributed by atoms with Gasteiger partial charge in [-0.2, -0.15) is 5.26 Å². The highest BCUT2D eigenvalue weighted by Crippen LogP contribution is 2.19. The SMILES string of the molecule is Cc1cc(NCc2cccc(C#N)c2)ncc1[N+](=O)[O-]. The second-order valence-corrected chi connectivity index (χ2v) is 4.28. The molecule has 0 unspecified atom stereocenters. The zero-order valence-corrected chi connectivity index (χ0v) is 10.8. The fraction of sp³-hybridized carbons (Fsp3) is 0.143. The van der Waals surface area contributed by atoms with Gasteiger partial charge in [-0.1, -0.05) is 12.1 Å². The van der Waals surface area contributed by atoms with E-state index in [0.717, 1.165) is 5.56 Å². The van der Waals surface area contributed by atoms with Crippen LogP contribution < -0.4 is 5.32 Å². The summed E-state index contributed by atoms with van der Waals surface area (Å²) in [5, 5.41) is 22.6. The van der Waals surface area contributed by atoms with Gasteiger partial charge in [-0.05, 0) is 30.7 Å². The molecule has 1 N–H and O–H groups in total. The number of aryl methyl sites for hydroxylation is 1. The van der Waals surface area contributed by atoms with Crippen molar-refractivity contribution < 1.29 is 4.92 Å². The van der Waals surface area contributed by atoms with Crippen molar-refractivity contribution in [2.45, 2.75) is 13.5 Å². The molecule has 0 saturated heterocycles. The molecule has 2 rings (SSSR count). The lowest BCUT2D eigenvalue weighted by Gasteiger charge is -2.06. The fourth-order valence-electron chi connectivity index (χ4n) is 1.78. The summed E-state index contributed by atoms with van der Waals surface area (Å²) in [7, 11) is 0.